The van der Waals surface area contributed by atoms with Crippen molar-refractivity contribution < 1.29 is 53.4 Å². The maximum atomic E-state index is 12.0. The average molecular weight is 580 g/mol. The van der Waals surface area contributed by atoms with E-state index in [0.717, 1.165) is 12.7 Å². The van der Waals surface area contributed by atoms with Crippen LogP contribution < -0.4 is 31.8 Å². The van der Waals surface area contributed by atoms with E-state index in [1.807, 2.05) is 48.5 Å². The molecule has 0 radical (unpaired) electrons. The van der Waals surface area contributed by atoms with E-state index in [1.165, 1.54) is 12.1 Å². The SMILES string of the molecule is CO.C[n+]1ccn(Cc2ccc(N=Cc3ccccc3[O-])c(N=Cc3ccccc3[O-])c2)c1.[Br-].[Ni+2]. The zero-order valence-corrected chi connectivity index (χ0v) is 21.8. The number of aliphatic hydroxyl groups is 1. The number of hydrogen-bond donors (Lipinski definition) is 1. The number of aliphatic imine (C=N–C) groups is 2. The maximum absolute atomic E-state index is 12.0. The Morgan fingerprint density at radius 3 is 1.91 bits per heavy atom. The zero-order valence-electron chi connectivity index (χ0n) is 19.2. The van der Waals surface area contributed by atoms with Crippen LogP contribution in [-0.4, -0.2) is 29.2 Å². The summed E-state index contributed by atoms with van der Waals surface area (Å²) in [5.41, 5.74) is 3.29. The number of para-hydroxylation sites is 2. The average Bonchev–Trinajstić information content (AvgIpc) is 3.24. The van der Waals surface area contributed by atoms with E-state index < -0.39 is 0 Å². The molecule has 0 atom stereocenters. The molecule has 1 N–H and O–H groups in total. The van der Waals surface area contributed by atoms with E-state index in [9.17, 15) is 10.2 Å². The van der Waals surface area contributed by atoms with Gasteiger partial charge in [-0.15, -0.1) is 11.5 Å². The number of benzene rings is 3. The molecule has 0 fully saturated rings. The number of halogens is 1. The minimum atomic E-state index is -0.0902. The third-order valence-corrected chi connectivity index (χ3v) is 4.75. The molecule has 4 aromatic rings. The van der Waals surface area contributed by atoms with Crippen LogP contribution in [0.1, 0.15) is 16.7 Å². The normalized spacial score (nSPS) is 10.4. The van der Waals surface area contributed by atoms with Crippen LogP contribution in [-0.2, 0) is 30.1 Å². The minimum absolute atomic E-state index is 0. The Kier molecular flexibility index (Phi) is 12.7. The van der Waals surface area contributed by atoms with Gasteiger partial charge in [-0.3, -0.25) is 9.98 Å². The van der Waals surface area contributed by atoms with E-state index in [2.05, 4.69) is 14.6 Å². The van der Waals surface area contributed by atoms with Gasteiger partial charge in [0.2, 0.25) is 6.33 Å². The molecule has 0 unspecified atom stereocenters. The van der Waals surface area contributed by atoms with Crippen LogP contribution in [0.15, 0.2) is 95.4 Å². The molecule has 7 nitrogen and oxygen atoms in total. The van der Waals surface area contributed by atoms with Crippen LogP contribution in [0.3, 0.4) is 0 Å². The van der Waals surface area contributed by atoms with E-state index in [4.69, 9.17) is 5.11 Å². The molecule has 0 aliphatic heterocycles. The fourth-order valence-corrected chi connectivity index (χ4v) is 3.14. The number of aryl methyl sites for hydroxylation is 1. The molecule has 0 aliphatic rings. The van der Waals surface area contributed by atoms with Crippen molar-refractivity contribution in [3.8, 4) is 11.5 Å². The maximum Gasteiger partial charge on any atom is 2.00 e. The van der Waals surface area contributed by atoms with Crippen molar-refractivity contribution >= 4 is 23.8 Å². The van der Waals surface area contributed by atoms with Crippen molar-refractivity contribution in [1.82, 2.24) is 4.57 Å². The van der Waals surface area contributed by atoms with Crippen molar-refractivity contribution in [2.75, 3.05) is 7.11 Å². The van der Waals surface area contributed by atoms with Gasteiger partial charge in [0.25, 0.3) is 0 Å². The van der Waals surface area contributed by atoms with Crippen molar-refractivity contribution in [1.29, 1.82) is 0 Å². The standard InChI is InChI=1S/C25H22N4O2.CH4O.BrH.Ni/c1-28-12-13-29(18-28)17-19-10-11-22(26-15-20-6-2-4-8-24(20)30)23(14-19)27-16-21-7-3-5-9-25(21)31;1-2;;/h2-16,18H,17H2,1H3,(H-,26,27,30,31);2H,1H3;1H;/q;;;+2/p-2. The van der Waals surface area contributed by atoms with Gasteiger partial charge in [0.1, 0.15) is 18.9 Å². The van der Waals surface area contributed by atoms with Crippen LogP contribution in [0.25, 0.3) is 0 Å². The Morgan fingerprint density at radius 1 is 0.857 bits per heavy atom. The number of nitrogens with zero attached hydrogens (tertiary/aromatic N) is 4. The molecular formula is C26H25BrN4NiO3. The first-order valence-corrected chi connectivity index (χ1v) is 10.3. The topological polar surface area (TPSA) is 99.9 Å². The summed E-state index contributed by atoms with van der Waals surface area (Å²) >= 11 is 0. The summed E-state index contributed by atoms with van der Waals surface area (Å²) in [7, 11) is 2.97. The summed E-state index contributed by atoms with van der Waals surface area (Å²) in [5, 5.41) is 31.0. The third-order valence-electron chi connectivity index (χ3n) is 4.75. The predicted molar refractivity (Wildman–Crippen MR) is 126 cm³/mol. The minimum Gasteiger partial charge on any atom is -1.00 e. The van der Waals surface area contributed by atoms with Gasteiger partial charge >= 0.3 is 16.5 Å². The van der Waals surface area contributed by atoms with Crippen molar-refractivity contribution in [2.24, 2.45) is 17.0 Å². The number of imidazole rings is 1. The molecule has 3 aromatic carbocycles. The molecule has 0 amide bonds. The molecule has 4 rings (SSSR count). The van der Waals surface area contributed by atoms with Crippen LogP contribution >= 0.6 is 0 Å². The van der Waals surface area contributed by atoms with E-state index in [0.29, 0.717) is 29.0 Å². The number of aromatic nitrogens is 2. The molecule has 184 valence electrons. The fourth-order valence-electron chi connectivity index (χ4n) is 3.14. The summed E-state index contributed by atoms with van der Waals surface area (Å²) in [6, 6.07) is 19.3. The summed E-state index contributed by atoms with van der Waals surface area (Å²) in [5.74, 6) is -0.179. The van der Waals surface area contributed by atoms with E-state index in [-0.39, 0.29) is 45.0 Å². The van der Waals surface area contributed by atoms with Crippen molar-refractivity contribution in [2.45, 2.75) is 6.54 Å². The van der Waals surface area contributed by atoms with Gasteiger partial charge in [0.15, 0.2) is 0 Å². The molecule has 9 heteroatoms. The van der Waals surface area contributed by atoms with Crippen LogP contribution in [0.4, 0.5) is 11.4 Å². The molecule has 0 saturated carbocycles. The fraction of sp³-hybridized carbons (Fsp3) is 0.115. The Labute approximate surface area is 225 Å². The first-order valence-electron chi connectivity index (χ1n) is 10.3. The summed E-state index contributed by atoms with van der Waals surface area (Å²) < 4.78 is 4.04. The Morgan fingerprint density at radius 2 is 1.40 bits per heavy atom. The number of hydrogen-bond acceptors (Lipinski definition) is 5. The predicted octanol–water partition coefficient (Wildman–Crippen LogP) is -0.381. The van der Waals surface area contributed by atoms with Crippen LogP contribution in [0.5, 0.6) is 11.5 Å². The summed E-state index contributed by atoms with van der Waals surface area (Å²) in [6.07, 6.45) is 9.06. The quantitative estimate of drug-likeness (QED) is 0.191. The molecule has 0 aliphatic carbocycles. The molecule has 0 saturated heterocycles. The largest absolute Gasteiger partial charge is 2.00 e. The molecule has 1 aromatic heterocycles. The molecule has 1 heterocycles. The summed E-state index contributed by atoms with van der Waals surface area (Å²) in [6.45, 7) is 0.675. The third kappa shape index (κ3) is 8.48. The zero-order chi connectivity index (χ0) is 23.6. The Balaban J connectivity index is 0.00000149. The molecule has 0 spiro atoms. The molecule has 0 bridgehead atoms. The first kappa shape index (κ1) is 29.8. The van der Waals surface area contributed by atoms with Gasteiger partial charge in [-0.25, -0.2) is 9.13 Å². The van der Waals surface area contributed by atoms with Crippen LogP contribution in [0, 0.1) is 0 Å². The second-order valence-electron chi connectivity index (χ2n) is 7.17. The van der Waals surface area contributed by atoms with Gasteiger partial charge in [-0.1, -0.05) is 54.6 Å². The van der Waals surface area contributed by atoms with Gasteiger partial charge < -0.3 is 32.3 Å². The first-order chi connectivity index (χ1) is 16.1. The second-order valence-corrected chi connectivity index (χ2v) is 7.17. The Hall–Kier alpha value is -3.26. The van der Waals surface area contributed by atoms with E-state index in [1.54, 1.807) is 48.8 Å². The monoisotopic (exact) mass is 578 g/mol. The van der Waals surface area contributed by atoms with Gasteiger partial charge in [-0.2, -0.15) is 0 Å². The van der Waals surface area contributed by atoms with Crippen molar-refractivity contribution in [3.63, 3.8) is 0 Å². The van der Waals surface area contributed by atoms with E-state index >= 15 is 0 Å². The molecular weight excluding hydrogens is 555 g/mol. The van der Waals surface area contributed by atoms with Gasteiger partial charge in [0.05, 0.1) is 18.4 Å². The van der Waals surface area contributed by atoms with Crippen LogP contribution in [0.2, 0.25) is 0 Å². The van der Waals surface area contributed by atoms with Crippen molar-refractivity contribution in [3.05, 3.63) is 102 Å². The number of rotatable bonds is 6. The molecule has 35 heavy (non-hydrogen) atoms. The van der Waals surface area contributed by atoms with Gasteiger partial charge in [0, 0.05) is 19.5 Å². The number of aliphatic hydroxyl groups excluding tert-OH is 1. The Bertz CT molecular complexity index is 1270. The second kappa shape index (κ2) is 14.9. The smallest absolute Gasteiger partial charge is 1.00 e. The van der Waals surface area contributed by atoms with Gasteiger partial charge in [-0.05, 0) is 28.8 Å². The summed E-state index contributed by atoms with van der Waals surface area (Å²) in [4.78, 5) is 9.04.